The van der Waals surface area contributed by atoms with E-state index in [-0.39, 0.29) is 42.9 Å². The van der Waals surface area contributed by atoms with E-state index in [1.807, 2.05) is 44.2 Å². The Balaban J connectivity index is 2.25. The molecular formula is C27H34Cl2N2O5S. The van der Waals surface area contributed by atoms with E-state index in [4.69, 9.17) is 23.2 Å². The Bertz CT molecular complexity index is 1240. The molecule has 0 bridgehead atoms. The van der Waals surface area contributed by atoms with Crippen LogP contribution in [0.3, 0.4) is 0 Å². The van der Waals surface area contributed by atoms with Gasteiger partial charge in [-0.15, -0.1) is 0 Å². The van der Waals surface area contributed by atoms with Crippen molar-refractivity contribution in [1.82, 2.24) is 9.62 Å². The normalized spacial score (nSPS) is 23.3. The summed E-state index contributed by atoms with van der Waals surface area (Å²) in [5, 5.41) is 10.8. The van der Waals surface area contributed by atoms with Gasteiger partial charge in [0.1, 0.15) is 0 Å². The van der Waals surface area contributed by atoms with Gasteiger partial charge in [-0.2, -0.15) is 0 Å². The number of carboxylic acids is 1. The van der Waals surface area contributed by atoms with Crippen molar-refractivity contribution < 1.29 is 23.1 Å². The summed E-state index contributed by atoms with van der Waals surface area (Å²) >= 11 is 12.5. The van der Waals surface area contributed by atoms with Gasteiger partial charge in [-0.05, 0) is 54.7 Å². The minimum Gasteiger partial charge on any atom is -0.481 e. The number of sulfonamides is 1. The van der Waals surface area contributed by atoms with Crippen molar-refractivity contribution in [3.05, 3.63) is 69.7 Å². The highest BCUT2D eigenvalue weighted by Crippen LogP contribution is 2.52. The van der Waals surface area contributed by atoms with Gasteiger partial charge in [-0.3, -0.25) is 9.59 Å². The third kappa shape index (κ3) is 6.85. The summed E-state index contributed by atoms with van der Waals surface area (Å²) in [7, 11) is -3.53. The van der Waals surface area contributed by atoms with Gasteiger partial charge in [-0.1, -0.05) is 68.2 Å². The summed E-state index contributed by atoms with van der Waals surface area (Å²) in [5.41, 5.74) is 0.487. The largest absolute Gasteiger partial charge is 0.481 e. The number of piperidine rings is 1. The number of rotatable bonds is 10. The zero-order valence-electron chi connectivity index (χ0n) is 21.4. The predicted octanol–water partition coefficient (Wildman–Crippen LogP) is 5.50. The van der Waals surface area contributed by atoms with E-state index in [0.29, 0.717) is 10.0 Å². The summed E-state index contributed by atoms with van der Waals surface area (Å²) < 4.78 is 27.3. The van der Waals surface area contributed by atoms with Crippen LogP contribution in [-0.2, 0) is 19.6 Å². The minimum absolute atomic E-state index is 0.00901. The van der Waals surface area contributed by atoms with E-state index in [0.717, 1.165) is 11.1 Å². The number of hydrogen-bond donors (Lipinski definition) is 2. The minimum atomic E-state index is -3.53. The van der Waals surface area contributed by atoms with E-state index in [2.05, 4.69) is 4.72 Å². The summed E-state index contributed by atoms with van der Waals surface area (Å²) in [6.07, 6.45) is -0.0635. The number of benzene rings is 2. The van der Waals surface area contributed by atoms with Gasteiger partial charge < -0.3 is 10.0 Å². The Morgan fingerprint density at radius 3 is 2.32 bits per heavy atom. The van der Waals surface area contributed by atoms with E-state index in [1.54, 1.807) is 36.9 Å². The lowest BCUT2D eigenvalue weighted by Gasteiger charge is -2.52. The van der Waals surface area contributed by atoms with Crippen molar-refractivity contribution >= 4 is 45.1 Å². The monoisotopic (exact) mass is 568 g/mol. The van der Waals surface area contributed by atoms with Crippen molar-refractivity contribution in [3.8, 4) is 0 Å². The van der Waals surface area contributed by atoms with Crippen molar-refractivity contribution in [1.29, 1.82) is 0 Å². The molecule has 7 nitrogen and oxygen atoms in total. The summed E-state index contributed by atoms with van der Waals surface area (Å²) in [5.74, 6) is -1.91. The molecule has 1 saturated heterocycles. The molecule has 2 aromatic rings. The highest BCUT2D eigenvalue weighted by atomic mass is 35.5. The SMILES string of the molecule is CCS(=O)(=O)NC[C@H](C(C)C)N1C(=O)[C@](C)(CC(=O)O)C[C@H](c2cccc(Cl)c2)[C@H]1c1ccc(Cl)cc1. The van der Waals surface area contributed by atoms with Crippen molar-refractivity contribution in [3.63, 3.8) is 0 Å². The molecule has 1 heterocycles. The zero-order chi connectivity index (χ0) is 27.5. The number of nitrogens with one attached hydrogen (secondary N) is 1. The third-order valence-corrected chi connectivity index (χ3v) is 9.00. The van der Waals surface area contributed by atoms with Crippen molar-refractivity contribution in [2.75, 3.05) is 12.3 Å². The van der Waals surface area contributed by atoms with Crippen LogP contribution in [-0.4, -0.2) is 48.6 Å². The first-order valence-electron chi connectivity index (χ1n) is 12.3. The molecule has 0 aliphatic carbocycles. The van der Waals surface area contributed by atoms with E-state index in [9.17, 15) is 23.1 Å². The van der Waals surface area contributed by atoms with E-state index >= 15 is 0 Å². The van der Waals surface area contributed by atoms with Crippen LogP contribution in [0.15, 0.2) is 48.5 Å². The predicted molar refractivity (Wildman–Crippen MR) is 146 cm³/mol. The van der Waals surface area contributed by atoms with Crippen LogP contribution in [0.5, 0.6) is 0 Å². The van der Waals surface area contributed by atoms with Gasteiger partial charge in [0.05, 0.1) is 23.6 Å². The maximum atomic E-state index is 14.3. The average molecular weight is 570 g/mol. The highest BCUT2D eigenvalue weighted by Gasteiger charge is 2.52. The zero-order valence-corrected chi connectivity index (χ0v) is 23.8. The van der Waals surface area contributed by atoms with Crippen LogP contribution in [0.2, 0.25) is 10.0 Å². The average Bonchev–Trinajstić information content (AvgIpc) is 2.81. The maximum absolute atomic E-state index is 14.3. The molecule has 0 saturated carbocycles. The Morgan fingerprint density at radius 2 is 1.78 bits per heavy atom. The second-order valence-electron chi connectivity index (χ2n) is 10.3. The van der Waals surface area contributed by atoms with Crippen LogP contribution < -0.4 is 4.72 Å². The van der Waals surface area contributed by atoms with Gasteiger partial charge >= 0.3 is 5.97 Å². The lowest BCUT2D eigenvalue weighted by molar-refractivity contribution is -0.161. The van der Waals surface area contributed by atoms with Gasteiger partial charge in [0, 0.05) is 28.5 Å². The third-order valence-electron chi connectivity index (χ3n) is 7.15. The number of hydrogen-bond acceptors (Lipinski definition) is 4. The van der Waals surface area contributed by atoms with Gasteiger partial charge in [0.15, 0.2) is 0 Å². The number of likely N-dealkylation sites (tertiary alicyclic amines) is 1. The number of halogens is 2. The molecule has 3 rings (SSSR count). The molecule has 37 heavy (non-hydrogen) atoms. The van der Waals surface area contributed by atoms with Crippen LogP contribution in [0, 0.1) is 11.3 Å². The van der Waals surface area contributed by atoms with Gasteiger partial charge in [0.25, 0.3) is 0 Å². The fraction of sp³-hybridized carbons (Fsp3) is 0.481. The summed E-state index contributed by atoms with van der Waals surface area (Å²) in [4.78, 5) is 27.9. The van der Waals surface area contributed by atoms with Crippen LogP contribution in [0.25, 0.3) is 0 Å². The molecule has 202 valence electrons. The molecule has 1 amide bonds. The molecule has 1 fully saturated rings. The number of carbonyl (C=O) groups excluding carboxylic acids is 1. The molecule has 2 aromatic carbocycles. The smallest absolute Gasteiger partial charge is 0.304 e. The van der Waals surface area contributed by atoms with Gasteiger partial charge in [0.2, 0.25) is 15.9 Å². The maximum Gasteiger partial charge on any atom is 0.304 e. The number of carbonyl (C=O) groups is 2. The number of carboxylic acid groups (broad SMARTS) is 1. The van der Waals surface area contributed by atoms with Crippen LogP contribution >= 0.6 is 23.2 Å². The second kappa shape index (κ2) is 11.7. The summed E-state index contributed by atoms with van der Waals surface area (Å²) in [6, 6.07) is 13.6. The molecular weight excluding hydrogens is 535 g/mol. The quantitative estimate of drug-likeness (QED) is 0.394. The molecule has 10 heteroatoms. The molecule has 0 radical (unpaired) electrons. The molecule has 1 aliphatic heterocycles. The number of aliphatic carboxylic acids is 1. The molecule has 2 N–H and O–H groups in total. The molecule has 0 spiro atoms. The highest BCUT2D eigenvalue weighted by molar-refractivity contribution is 7.89. The Kier molecular flexibility index (Phi) is 9.32. The fourth-order valence-corrected chi connectivity index (χ4v) is 6.17. The van der Waals surface area contributed by atoms with Crippen molar-refractivity contribution in [2.24, 2.45) is 11.3 Å². The van der Waals surface area contributed by atoms with Gasteiger partial charge in [-0.25, -0.2) is 13.1 Å². The first-order chi connectivity index (χ1) is 17.3. The first kappa shape index (κ1) is 29.4. The summed E-state index contributed by atoms with van der Waals surface area (Å²) in [6.45, 7) is 7.09. The Hall–Kier alpha value is -2.13. The lowest BCUT2D eigenvalue weighted by atomic mass is 9.66. The van der Waals surface area contributed by atoms with Crippen molar-refractivity contribution in [2.45, 2.75) is 58.5 Å². The molecule has 1 aliphatic rings. The van der Waals surface area contributed by atoms with E-state index in [1.165, 1.54) is 0 Å². The standard InChI is InChI=1S/C27H34Cl2N2O5S/c1-5-37(35,36)30-16-23(17(2)3)31-25(18-9-11-20(28)12-10-18)22(19-7-6-8-21(29)13-19)14-27(4,26(31)34)15-24(32)33/h6-13,17,22-23,25,30H,5,14-16H2,1-4H3,(H,32,33)/t22-,23-,25-,27+/m1/s1. The molecule has 0 aromatic heterocycles. The number of amides is 1. The first-order valence-corrected chi connectivity index (χ1v) is 14.7. The number of nitrogens with zero attached hydrogens (tertiary/aromatic N) is 1. The molecule has 0 unspecified atom stereocenters. The topological polar surface area (TPSA) is 104 Å². The van der Waals surface area contributed by atoms with Crippen LogP contribution in [0.4, 0.5) is 0 Å². The molecule has 4 atom stereocenters. The van der Waals surface area contributed by atoms with E-state index < -0.39 is 33.5 Å². The second-order valence-corrected chi connectivity index (χ2v) is 13.2. The Morgan fingerprint density at radius 1 is 1.14 bits per heavy atom. The fourth-order valence-electron chi connectivity index (χ4n) is 5.21. The van der Waals surface area contributed by atoms with Crippen LogP contribution in [0.1, 0.15) is 63.6 Å². The lowest BCUT2D eigenvalue weighted by Crippen LogP contribution is -2.59. The Labute approximate surface area is 229 Å².